The summed E-state index contributed by atoms with van der Waals surface area (Å²) in [6.07, 6.45) is 4.81. The van der Waals surface area contributed by atoms with E-state index < -0.39 is 0 Å². The van der Waals surface area contributed by atoms with Gasteiger partial charge in [0.25, 0.3) is 0 Å². The second-order valence-electron chi connectivity index (χ2n) is 5.33. The lowest BCUT2D eigenvalue weighted by Gasteiger charge is -2.21. The highest BCUT2D eigenvalue weighted by molar-refractivity contribution is 5.45. The van der Waals surface area contributed by atoms with Crippen molar-refractivity contribution in [3.8, 4) is 0 Å². The molecule has 1 saturated heterocycles. The maximum atomic E-state index is 5.92. The van der Waals surface area contributed by atoms with E-state index in [9.17, 15) is 0 Å². The minimum absolute atomic E-state index is 0.0668. The highest BCUT2D eigenvalue weighted by Gasteiger charge is 2.31. The van der Waals surface area contributed by atoms with Gasteiger partial charge in [0, 0.05) is 42.5 Å². The van der Waals surface area contributed by atoms with E-state index in [-0.39, 0.29) is 12.1 Å². The third-order valence-corrected chi connectivity index (χ3v) is 3.92. The Labute approximate surface area is 119 Å². The van der Waals surface area contributed by atoms with Gasteiger partial charge in [0.1, 0.15) is 6.10 Å². The predicted octanol–water partition coefficient (Wildman–Crippen LogP) is 2.37. The maximum Gasteiger partial charge on any atom is 0.106 e. The molecule has 3 heterocycles. The van der Waals surface area contributed by atoms with Crippen molar-refractivity contribution in [2.45, 2.75) is 32.4 Å². The van der Waals surface area contributed by atoms with Crippen LogP contribution in [0.1, 0.15) is 29.5 Å². The van der Waals surface area contributed by atoms with Crippen molar-refractivity contribution in [3.63, 3.8) is 0 Å². The van der Waals surface area contributed by atoms with Crippen molar-refractivity contribution < 1.29 is 4.74 Å². The van der Waals surface area contributed by atoms with Crippen molar-refractivity contribution in [1.82, 2.24) is 14.8 Å². The Morgan fingerprint density at radius 2 is 2.25 bits per heavy atom. The fraction of sp³-hybridized carbons (Fsp3) is 0.467. The third-order valence-electron chi connectivity index (χ3n) is 3.92. The average Bonchev–Trinajstić information content (AvgIpc) is 2.98. The Bertz CT molecular complexity index is 608. The summed E-state index contributed by atoms with van der Waals surface area (Å²) in [5.74, 6) is 0. The number of rotatable bonds is 3. The lowest BCUT2D eigenvalue weighted by atomic mass is 10.0. The molecule has 1 aliphatic rings. The fourth-order valence-electron chi connectivity index (χ4n) is 2.69. The van der Waals surface area contributed by atoms with Crippen molar-refractivity contribution >= 4 is 5.69 Å². The highest BCUT2D eigenvalue weighted by Crippen LogP contribution is 2.32. The monoisotopic (exact) mass is 272 g/mol. The van der Waals surface area contributed by atoms with E-state index >= 15 is 0 Å². The van der Waals surface area contributed by atoms with E-state index in [1.807, 2.05) is 37.1 Å². The number of nitrogens with zero attached hydrogens (tertiary/aromatic N) is 3. The van der Waals surface area contributed by atoms with Gasteiger partial charge in [-0.25, -0.2) is 0 Å². The largest absolute Gasteiger partial charge is 0.379 e. The quantitative estimate of drug-likeness (QED) is 0.932. The zero-order valence-corrected chi connectivity index (χ0v) is 12.1. The molecule has 0 radical (unpaired) electrons. The van der Waals surface area contributed by atoms with Gasteiger partial charge in [0.15, 0.2) is 0 Å². The molecular formula is C15H20N4O. The number of hydrogen-bond donors (Lipinski definition) is 1. The van der Waals surface area contributed by atoms with Gasteiger partial charge < -0.3 is 10.1 Å². The molecule has 1 fully saturated rings. The van der Waals surface area contributed by atoms with Crippen LogP contribution in [0.3, 0.4) is 0 Å². The summed E-state index contributed by atoms with van der Waals surface area (Å²) < 4.78 is 7.81. The first-order chi connectivity index (χ1) is 9.65. The van der Waals surface area contributed by atoms with Crippen LogP contribution in [0.2, 0.25) is 0 Å². The number of anilines is 1. The molecule has 5 nitrogen and oxygen atoms in total. The minimum atomic E-state index is 0.0668. The molecule has 20 heavy (non-hydrogen) atoms. The number of ether oxygens (including phenoxy) is 1. The van der Waals surface area contributed by atoms with Crippen molar-refractivity contribution in [3.05, 3.63) is 41.5 Å². The predicted molar refractivity (Wildman–Crippen MR) is 77.6 cm³/mol. The van der Waals surface area contributed by atoms with E-state index in [2.05, 4.69) is 28.4 Å². The van der Waals surface area contributed by atoms with E-state index in [1.165, 1.54) is 5.56 Å². The molecule has 1 aliphatic heterocycles. The van der Waals surface area contributed by atoms with Gasteiger partial charge in [0.2, 0.25) is 0 Å². The zero-order valence-electron chi connectivity index (χ0n) is 12.1. The van der Waals surface area contributed by atoms with Crippen LogP contribution in [0.5, 0.6) is 0 Å². The Balaban J connectivity index is 1.81. The molecule has 2 atom stereocenters. The summed E-state index contributed by atoms with van der Waals surface area (Å²) in [5.41, 5.74) is 4.45. The Hall–Kier alpha value is -1.88. The van der Waals surface area contributed by atoms with Gasteiger partial charge >= 0.3 is 0 Å². The lowest BCUT2D eigenvalue weighted by molar-refractivity contribution is 0.107. The van der Waals surface area contributed by atoms with Crippen molar-refractivity contribution in [1.29, 1.82) is 0 Å². The summed E-state index contributed by atoms with van der Waals surface area (Å²) in [5, 5.41) is 7.88. The summed E-state index contributed by atoms with van der Waals surface area (Å²) in [4.78, 5) is 4.22. The first kappa shape index (κ1) is 13.1. The van der Waals surface area contributed by atoms with Gasteiger partial charge in [-0.15, -0.1) is 0 Å². The van der Waals surface area contributed by atoms with Crippen LogP contribution in [0.25, 0.3) is 0 Å². The van der Waals surface area contributed by atoms with E-state index in [0.29, 0.717) is 0 Å². The molecule has 5 heteroatoms. The number of aromatic nitrogens is 3. The molecule has 0 spiro atoms. The minimum Gasteiger partial charge on any atom is -0.379 e. The average molecular weight is 272 g/mol. The molecule has 0 saturated carbocycles. The number of aryl methyl sites for hydroxylation is 2. The van der Waals surface area contributed by atoms with E-state index in [0.717, 1.165) is 30.1 Å². The van der Waals surface area contributed by atoms with Crippen LogP contribution in [0.4, 0.5) is 5.69 Å². The summed E-state index contributed by atoms with van der Waals surface area (Å²) >= 11 is 0. The lowest BCUT2D eigenvalue weighted by Crippen LogP contribution is -2.23. The van der Waals surface area contributed by atoms with Crippen molar-refractivity contribution in [2.75, 3.05) is 11.9 Å². The molecular weight excluding hydrogens is 252 g/mol. The normalized spacial score (nSPS) is 22.1. The molecule has 0 aliphatic carbocycles. The van der Waals surface area contributed by atoms with Crippen LogP contribution in [0, 0.1) is 13.8 Å². The summed E-state index contributed by atoms with van der Waals surface area (Å²) in [6.45, 7) is 4.86. The maximum absolute atomic E-state index is 5.92. The molecule has 1 N–H and O–H groups in total. The number of hydrogen-bond acceptors (Lipinski definition) is 4. The van der Waals surface area contributed by atoms with E-state index in [4.69, 9.17) is 4.74 Å². The highest BCUT2D eigenvalue weighted by atomic mass is 16.5. The van der Waals surface area contributed by atoms with Gasteiger partial charge in [-0.3, -0.25) is 9.67 Å². The smallest absolute Gasteiger partial charge is 0.106 e. The molecule has 0 amide bonds. The van der Waals surface area contributed by atoms with Gasteiger partial charge in [-0.1, -0.05) is 0 Å². The second kappa shape index (κ2) is 5.25. The number of pyridine rings is 1. The van der Waals surface area contributed by atoms with Crippen LogP contribution >= 0.6 is 0 Å². The van der Waals surface area contributed by atoms with Crippen LogP contribution in [0.15, 0.2) is 24.5 Å². The Kier molecular flexibility index (Phi) is 3.44. The molecule has 0 bridgehead atoms. The summed E-state index contributed by atoms with van der Waals surface area (Å²) in [6, 6.07) is 4.34. The van der Waals surface area contributed by atoms with Gasteiger partial charge in [-0.05, 0) is 32.4 Å². The molecule has 0 aromatic carbocycles. The second-order valence-corrected chi connectivity index (χ2v) is 5.33. The van der Waals surface area contributed by atoms with Gasteiger partial charge in [-0.2, -0.15) is 5.10 Å². The van der Waals surface area contributed by atoms with Gasteiger partial charge in [0.05, 0.1) is 12.2 Å². The van der Waals surface area contributed by atoms with E-state index in [1.54, 1.807) is 0 Å². The third kappa shape index (κ3) is 2.41. The molecule has 2 aromatic heterocycles. The first-order valence-electron chi connectivity index (χ1n) is 6.94. The fourth-order valence-corrected chi connectivity index (χ4v) is 2.69. The Morgan fingerprint density at radius 1 is 1.40 bits per heavy atom. The standard InChI is InChI=1S/C15H20N4O/c1-10-8-12(4-6-16-10)18-14-5-7-20-15(14)13-9-17-19(3)11(13)2/h4,6,8-9,14-15H,5,7H2,1-3H3,(H,16,18)/t14-,15+/m0/s1. The van der Waals surface area contributed by atoms with Crippen LogP contribution in [-0.4, -0.2) is 27.4 Å². The molecule has 3 rings (SSSR count). The first-order valence-corrected chi connectivity index (χ1v) is 6.94. The molecule has 2 aromatic rings. The zero-order chi connectivity index (χ0) is 14.1. The Morgan fingerprint density at radius 3 is 2.95 bits per heavy atom. The van der Waals surface area contributed by atoms with Crippen LogP contribution in [-0.2, 0) is 11.8 Å². The topological polar surface area (TPSA) is 52.0 Å². The van der Waals surface area contributed by atoms with Crippen molar-refractivity contribution in [2.24, 2.45) is 7.05 Å². The molecule has 106 valence electrons. The number of nitrogens with one attached hydrogen (secondary N) is 1. The van der Waals surface area contributed by atoms with Crippen LogP contribution < -0.4 is 5.32 Å². The SMILES string of the molecule is Cc1cc(N[C@H]2CCO[C@@H]2c2cnn(C)c2C)ccn1. The summed E-state index contributed by atoms with van der Waals surface area (Å²) in [7, 11) is 1.96. The molecule has 0 unspecified atom stereocenters.